The van der Waals surface area contributed by atoms with Gasteiger partial charge in [-0.15, -0.1) is 0 Å². The molecule has 1 aromatic heterocycles. The van der Waals surface area contributed by atoms with Gasteiger partial charge in [-0.3, -0.25) is 23.6 Å². The van der Waals surface area contributed by atoms with E-state index < -0.39 is 0 Å². The molecule has 22 heavy (non-hydrogen) atoms. The Morgan fingerprint density at radius 1 is 1.09 bits per heavy atom. The van der Waals surface area contributed by atoms with Crippen LogP contribution in [-0.2, 0) is 18.9 Å². The Balaban J connectivity index is 2.07. The van der Waals surface area contributed by atoms with Gasteiger partial charge in [-0.1, -0.05) is 6.07 Å². The molecule has 0 radical (unpaired) electrons. The number of carbonyl (C=O) groups excluding carboxylic acids is 2. The van der Waals surface area contributed by atoms with E-state index in [9.17, 15) is 14.4 Å². The first-order valence-corrected chi connectivity index (χ1v) is 7.66. The van der Waals surface area contributed by atoms with Gasteiger partial charge in [-0.25, -0.2) is 4.79 Å². The molecule has 1 saturated heterocycles. The van der Waals surface area contributed by atoms with E-state index in [4.69, 9.17) is 0 Å². The fourth-order valence-corrected chi connectivity index (χ4v) is 3.44. The van der Waals surface area contributed by atoms with Crippen molar-refractivity contribution in [3.63, 3.8) is 0 Å². The second kappa shape index (κ2) is 5.17. The molecule has 0 atom stereocenters. The van der Waals surface area contributed by atoms with Crippen LogP contribution in [0.3, 0.4) is 0 Å². The Morgan fingerprint density at radius 3 is 2.41 bits per heavy atom. The minimum atomic E-state index is -0.264. The Morgan fingerprint density at radius 2 is 1.77 bits per heavy atom. The summed E-state index contributed by atoms with van der Waals surface area (Å²) in [6, 6.07) is 5.52. The number of hydrogen-bond donors (Lipinski definition) is 0. The molecule has 1 aromatic carbocycles. The number of carbonyl (C=O) groups is 2. The monoisotopic (exact) mass is 317 g/mol. The van der Waals surface area contributed by atoms with Gasteiger partial charge in [0, 0.05) is 20.6 Å². The van der Waals surface area contributed by atoms with Crippen LogP contribution < -0.4 is 5.69 Å². The quantitative estimate of drug-likeness (QED) is 0.794. The van der Waals surface area contributed by atoms with Crippen molar-refractivity contribution in [2.45, 2.75) is 6.92 Å². The highest BCUT2D eigenvalue weighted by molar-refractivity contribution is 8.18. The van der Waals surface area contributed by atoms with Gasteiger partial charge in [0.15, 0.2) is 0 Å². The van der Waals surface area contributed by atoms with E-state index in [0.717, 1.165) is 28.4 Å². The molecule has 1 aliphatic rings. The first kappa shape index (κ1) is 14.6. The van der Waals surface area contributed by atoms with E-state index in [1.807, 2.05) is 18.2 Å². The van der Waals surface area contributed by atoms with Gasteiger partial charge in [-0.2, -0.15) is 0 Å². The summed E-state index contributed by atoms with van der Waals surface area (Å²) < 4.78 is 3.13. The van der Waals surface area contributed by atoms with Crippen molar-refractivity contribution in [2.24, 2.45) is 14.1 Å². The van der Waals surface area contributed by atoms with Crippen LogP contribution in [-0.4, -0.2) is 31.7 Å². The predicted molar refractivity (Wildman–Crippen MR) is 86.5 cm³/mol. The van der Waals surface area contributed by atoms with E-state index in [0.29, 0.717) is 11.4 Å². The van der Waals surface area contributed by atoms with Gasteiger partial charge >= 0.3 is 5.69 Å². The number of nitrogens with zero attached hydrogens (tertiary/aromatic N) is 3. The molecule has 1 aliphatic heterocycles. The zero-order chi connectivity index (χ0) is 16.0. The first-order valence-electron chi connectivity index (χ1n) is 6.85. The Kier molecular flexibility index (Phi) is 3.44. The molecule has 0 saturated carbocycles. The van der Waals surface area contributed by atoms with Crippen molar-refractivity contribution in [1.29, 1.82) is 0 Å². The molecule has 7 heteroatoms. The van der Waals surface area contributed by atoms with Crippen LogP contribution >= 0.6 is 11.8 Å². The normalized spacial score (nSPS) is 17.2. The van der Waals surface area contributed by atoms with E-state index in [-0.39, 0.29) is 16.8 Å². The molecule has 2 heterocycles. The highest BCUT2D eigenvalue weighted by atomic mass is 32.2. The molecule has 0 unspecified atom stereocenters. The summed E-state index contributed by atoms with van der Waals surface area (Å²) in [6.45, 7) is 2.14. The summed E-state index contributed by atoms with van der Waals surface area (Å²) in [4.78, 5) is 37.4. The Hall–Kier alpha value is -2.28. The van der Waals surface area contributed by atoms with Gasteiger partial charge in [0.25, 0.3) is 11.1 Å². The standard InChI is InChI=1S/C15H15N3O3S/c1-4-18-13(19)12(22-15(18)21)8-9-5-6-10-11(7-9)17(3)14(20)16(10)2/h5-8H,4H2,1-3H3/b12-8+. The summed E-state index contributed by atoms with van der Waals surface area (Å²) in [7, 11) is 3.43. The van der Waals surface area contributed by atoms with Crippen molar-refractivity contribution >= 4 is 40.0 Å². The highest BCUT2D eigenvalue weighted by Gasteiger charge is 2.33. The number of imidazole rings is 1. The number of fused-ring (bicyclic) bond motifs is 1. The third kappa shape index (κ3) is 2.09. The van der Waals surface area contributed by atoms with Crippen LogP contribution in [0.1, 0.15) is 12.5 Å². The summed E-state index contributed by atoms with van der Waals surface area (Å²) in [5, 5.41) is -0.244. The van der Waals surface area contributed by atoms with Crippen LogP contribution in [0.4, 0.5) is 4.79 Å². The summed E-state index contributed by atoms with van der Waals surface area (Å²) in [5.41, 5.74) is 2.30. The fourth-order valence-electron chi connectivity index (χ4n) is 2.54. The summed E-state index contributed by atoms with van der Waals surface area (Å²) in [5.74, 6) is -0.264. The van der Waals surface area contributed by atoms with E-state index >= 15 is 0 Å². The largest absolute Gasteiger partial charge is 0.328 e. The number of thioether (sulfide) groups is 1. The number of likely N-dealkylation sites (N-methyl/N-ethyl adjacent to an activating group) is 1. The van der Waals surface area contributed by atoms with Crippen LogP contribution in [0.5, 0.6) is 0 Å². The van der Waals surface area contributed by atoms with Crippen LogP contribution in [0.25, 0.3) is 17.1 Å². The minimum absolute atomic E-state index is 0.0987. The molecule has 1 fully saturated rings. The second-order valence-electron chi connectivity index (χ2n) is 5.07. The molecule has 2 amide bonds. The number of amides is 2. The van der Waals surface area contributed by atoms with Gasteiger partial charge in [0.2, 0.25) is 0 Å². The molecule has 0 N–H and O–H groups in total. The van der Waals surface area contributed by atoms with Crippen molar-refractivity contribution < 1.29 is 9.59 Å². The zero-order valence-electron chi connectivity index (χ0n) is 12.5. The smallest absolute Gasteiger partial charge is 0.295 e. The molecule has 0 spiro atoms. The number of aromatic nitrogens is 2. The number of aryl methyl sites for hydroxylation is 2. The van der Waals surface area contributed by atoms with Gasteiger partial charge in [0.05, 0.1) is 15.9 Å². The zero-order valence-corrected chi connectivity index (χ0v) is 13.3. The molecule has 3 rings (SSSR count). The van der Waals surface area contributed by atoms with E-state index in [2.05, 4.69) is 0 Å². The van der Waals surface area contributed by atoms with Gasteiger partial charge < -0.3 is 0 Å². The third-order valence-corrected chi connectivity index (χ3v) is 4.69. The molecule has 6 nitrogen and oxygen atoms in total. The molecule has 2 aromatic rings. The van der Waals surface area contributed by atoms with Gasteiger partial charge in [0.1, 0.15) is 0 Å². The lowest BCUT2D eigenvalue weighted by Crippen LogP contribution is -2.27. The predicted octanol–water partition coefficient (Wildman–Crippen LogP) is 1.93. The van der Waals surface area contributed by atoms with Crippen molar-refractivity contribution in [3.05, 3.63) is 39.2 Å². The topological polar surface area (TPSA) is 64.3 Å². The lowest BCUT2D eigenvalue weighted by Gasteiger charge is -2.07. The Labute approximate surface area is 131 Å². The Bertz CT molecular complexity index is 891. The number of hydrogen-bond acceptors (Lipinski definition) is 4. The molecular weight excluding hydrogens is 302 g/mol. The van der Waals surface area contributed by atoms with E-state index in [1.54, 1.807) is 36.2 Å². The number of benzene rings is 1. The minimum Gasteiger partial charge on any atom is -0.295 e. The SMILES string of the molecule is CCN1C(=O)S/C(=C/c2ccc3c(c2)n(C)c(=O)n3C)C1=O. The van der Waals surface area contributed by atoms with Crippen molar-refractivity contribution in [2.75, 3.05) is 6.54 Å². The van der Waals surface area contributed by atoms with Crippen LogP contribution in [0.15, 0.2) is 27.9 Å². The molecule has 0 bridgehead atoms. The number of rotatable bonds is 2. The second-order valence-corrected chi connectivity index (χ2v) is 6.07. The summed E-state index contributed by atoms with van der Waals surface area (Å²) >= 11 is 0.944. The van der Waals surface area contributed by atoms with Crippen molar-refractivity contribution in [3.8, 4) is 0 Å². The lowest BCUT2D eigenvalue weighted by molar-refractivity contribution is -0.122. The maximum atomic E-state index is 12.1. The molecule has 114 valence electrons. The maximum absolute atomic E-state index is 12.1. The van der Waals surface area contributed by atoms with Crippen molar-refractivity contribution in [1.82, 2.24) is 14.0 Å². The first-order chi connectivity index (χ1) is 10.4. The number of imide groups is 1. The maximum Gasteiger partial charge on any atom is 0.328 e. The third-order valence-electron chi connectivity index (χ3n) is 3.78. The molecular formula is C15H15N3O3S. The van der Waals surface area contributed by atoms with Crippen LogP contribution in [0.2, 0.25) is 0 Å². The molecule has 0 aliphatic carbocycles. The summed E-state index contributed by atoms with van der Waals surface area (Å²) in [6.07, 6.45) is 1.69. The fraction of sp³-hybridized carbons (Fsp3) is 0.267. The van der Waals surface area contributed by atoms with Gasteiger partial charge in [-0.05, 0) is 42.5 Å². The average Bonchev–Trinajstić information content (AvgIpc) is 2.89. The van der Waals surface area contributed by atoms with E-state index in [1.165, 1.54) is 4.90 Å². The highest BCUT2D eigenvalue weighted by Crippen LogP contribution is 2.32. The van der Waals surface area contributed by atoms with Crippen LogP contribution in [0, 0.1) is 0 Å². The lowest BCUT2D eigenvalue weighted by atomic mass is 10.2. The average molecular weight is 317 g/mol.